The Labute approximate surface area is 324 Å². The first-order chi connectivity index (χ1) is 25.3. The third-order valence-electron chi connectivity index (χ3n) is 11.0. The van der Waals surface area contributed by atoms with Gasteiger partial charge in [-0.1, -0.05) is 99.1 Å². The first kappa shape index (κ1) is 33.3. The van der Waals surface area contributed by atoms with E-state index in [1.165, 1.54) is 38.7 Å². The minimum Gasteiger partial charge on any atom is -0.319 e. The summed E-state index contributed by atoms with van der Waals surface area (Å²) in [7, 11) is 2.10. The normalized spacial score (nSPS) is 13.3. The van der Waals surface area contributed by atoms with Gasteiger partial charge in [0.05, 0.1) is 0 Å². The second-order valence-electron chi connectivity index (χ2n) is 15.0. The van der Waals surface area contributed by atoms with Crippen molar-refractivity contribution < 1.29 is 21.1 Å². The number of fused-ring (bicyclic) bond motifs is 7. The van der Waals surface area contributed by atoms with E-state index in [0.29, 0.717) is 0 Å². The molecule has 0 N–H and O–H groups in total. The molecule has 1 aliphatic carbocycles. The smallest absolute Gasteiger partial charge is 0.188 e. The molecule has 0 spiro atoms. The van der Waals surface area contributed by atoms with Crippen molar-refractivity contribution in [1.82, 2.24) is 18.7 Å². The molecule has 9 aromatic rings. The zero-order valence-electron chi connectivity index (χ0n) is 30.0. The summed E-state index contributed by atoms with van der Waals surface area (Å²) >= 11 is 0. The number of pyridine rings is 1. The number of imidazole rings is 1. The Morgan fingerprint density at radius 2 is 1.26 bits per heavy atom. The third kappa shape index (κ3) is 4.85. The van der Waals surface area contributed by atoms with E-state index in [1.54, 1.807) is 0 Å². The quantitative estimate of drug-likeness (QED) is 0.162. The second kappa shape index (κ2) is 12.3. The molecule has 0 aliphatic heterocycles. The number of hydrogen-bond acceptors (Lipinski definition) is 1. The van der Waals surface area contributed by atoms with Crippen molar-refractivity contribution in [2.45, 2.75) is 31.6 Å². The van der Waals surface area contributed by atoms with Crippen molar-refractivity contribution >= 4 is 32.8 Å². The van der Waals surface area contributed by atoms with Crippen LogP contribution in [-0.2, 0) is 38.9 Å². The topological polar surface area (TPSA) is 27.7 Å². The number of nitrogens with zero attached hydrogens (tertiary/aromatic N) is 4. The van der Waals surface area contributed by atoms with E-state index < -0.39 is 5.41 Å². The fourth-order valence-corrected chi connectivity index (χ4v) is 8.59. The predicted octanol–water partition coefficient (Wildman–Crippen LogP) is 11.0. The van der Waals surface area contributed by atoms with E-state index in [4.69, 9.17) is 4.98 Å². The Hall–Kier alpha value is -5.57. The van der Waals surface area contributed by atoms with E-state index in [-0.39, 0.29) is 26.5 Å². The first-order valence-corrected chi connectivity index (χ1v) is 18.0. The van der Waals surface area contributed by atoms with Gasteiger partial charge in [-0.05, 0) is 69.0 Å². The van der Waals surface area contributed by atoms with Gasteiger partial charge in [0.2, 0.25) is 0 Å². The van der Waals surface area contributed by atoms with E-state index in [1.807, 2.05) is 6.20 Å². The molecule has 3 aromatic heterocycles. The van der Waals surface area contributed by atoms with Gasteiger partial charge >= 0.3 is 0 Å². The Balaban J connectivity index is 0.00000372. The van der Waals surface area contributed by atoms with Crippen molar-refractivity contribution in [3.8, 4) is 22.6 Å². The number of hydrogen-bond donors (Lipinski definition) is 0. The molecule has 10 rings (SSSR count). The molecule has 0 radical (unpaired) electrons. The monoisotopic (exact) mass is 864 g/mol. The maximum Gasteiger partial charge on any atom is 0.188 e. The van der Waals surface area contributed by atoms with Crippen LogP contribution in [-0.4, -0.2) is 18.7 Å². The minimum absolute atomic E-state index is 0. The Bertz CT molecular complexity index is 2820. The molecule has 0 atom stereocenters. The van der Waals surface area contributed by atoms with Crippen LogP contribution >= 0.6 is 0 Å². The average molecular weight is 865 g/mol. The number of benzene rings is 6. The molecule has 4 nitrogen and oxygen atoms in total. The van der Waals surface area contributed by atoms with Crippen LogP contribution in [0.1, 0.15) is 48.6 Å². The van der Waals surface area contributed by atoms with Gasteiger partial charge in [-0.25, -0.2) is 14.1 Å². The van der Waals surface area contributed by atoms with Gasteiger partial charge in [-0.15, -0.1) is 22.6 Å². The predicted molar refractivity (Wildman–Crippen MR) is 212 cm³/mol. The molecule has 0 saturated carbocycles. The van der Waals surface area contributed by atoms with Crippen LogP contribution in [0.4, 0.5) is 0 Å². The summed E-state index contributed by atoms with van der Waals surface area (Å²) in [5, 5.41) is 2.34. The fourth-order valence-electron chi connectivity index (χ4n) is 8.59. The molecular weight excluding hydrogens is 828 g/mol. The summed E-state index contributed by atoms with van der Waals surface area (Å²) in [5.41, 5.74) is 13.1. The molecule has 0 fully saturated rings. The first-order valence-electron chi connectivity index (χ1n) is 18.0. The molecule has 5 heteroatoms. The number of rotatable bonds is 4. The van der Waals surface area contributed by atoms with Gasteiger partial charge in [-0.3, -0.25) is 0 Å². The SMILES string of the molecule is Cn1[cH+]n(-c2[c-]c(C3(c4[c-]c5c(cc4)c4ccccc4n5-c4cc(C(C)(C)C)ccn4)c4ccccc4-c4ccccc43)ccc2)c2ccccc21.[Pt]. The summed E-state index contributed by atoms with van der Waals surface area (Å²) in [4.78, 5) is 4.97. The minimum atomic E-state index is -0.676. The van der Waals surface area contributed by atoms with Crippen LogP contribution < -0.4 is 0 Å². The van der Waals surface area contributed by atoms with E-state index in [0.717, 1.165) is 44.6 Å². The standard InChI is InChI=1S/C48H37N4.Pt/c1-47(2,3)32-26-27-49-46(30-32)52-42-21-10-7-18-38(42)39-25-24-34(29-45(39)52)48(40-19-8-5-16-36(40)37-17-6-9-20-41(37)48)33-14-13-15-35(28-33)51-31-50(4)43-22-11-12-23-44(43)51;/h5-27,30-31H,1-4H3;/q-1;. The van der Waals surface area contributed by atoms with Gasteiger partial charge in [0, 0.05) is 63.1 Å². The van der Waals surface area contributed by atoms with Gasteiger partial charge in [0.25, 0.3) is 0 Å². The van der Waals surface area contributed by atoms with Crippen molar-refractivity contribution in [2.75, 3.05) is 0 Å². The largest absolute Gasteiger partial charge is 0.319 e. The number of aryl methyl sites for hydroxylation is 1. The van der Waals surface area contributed by atoms with Crippen molar-refractivity contribution in [2.24, 2.45) is 7.05 Å². The summed E-state index contributed by atoms with van der Waals surface area (Å²) < 4.78 is 6.73. The molecule has 0 bridgehead atoms. The maximum absolute atomic E-state index is 4.97. The summed E-state index contributed by atoms with van der Waals surface area (Å²) in [6, 6.07) is 58.5. The van der Waals surface area contributed by atoms with Gasteiger partial charge in [0.1, 0.15) is 5.82 Å². The summed E-state index contributed by atoms with van der Waals surface area (Å²) in [6.45, 7) is 6.76. The van der Waals surface area contributed by atoms with E-state index >= 15 is 0 Å². The van der Waals surface area contributed by atoms with Crippen molar-refractivity contribution in [3.63, 3.8) is 0 Å². The Morgan fingerprint density at radius 3 is 2.00 bits per heavy atom. The van der Waals surface area contributed by atoms with Crippen LogP contribution in [0.3, 0.4) is 0 Å². The Morgan fingerprint density at radius 1 is 0.623 bits per heavy atom. The Kier molecular flexibility index (Phi) is 7.69. The van der Waals surface area contributed by atoms with E-state index in [9.17, 15) is 0 Å². The fraction of sp³-hybridized carbons (Fsp3) is 0.125. The van der Waals surface area contributed by atoms with Crippen LogP contribution in [0.5, 0.6) is 0 Å². The molecular formula is C48H37N4Pt-. The van der Waals surface area contributed by atoms with Crippen molar-refractivity contribution in [3.05, 3.63) is 192 Å². The molecule has 0 saturated heterocycles. The molecule has 0 amide bonds. The molecule has 0 unspecified atom stereocenters. The van der Waals surface area contributed by atoms with Crippen LogP contribution in [0.15, 0.2) is 152 Å². The third-order valence-corrected chi connectivity index (χ3v) is 11.0. The number of aromatic nitrogens is 4. The maximum atomic E-state index is 4.97. The van der Waals surface area contributed by atoms with Gasteiger partial charge < -0.3 is 4.57 Å². The molecule has 1 aliphatic rings. The summed E-state index contributed by atoms with van der Waals surface area (Å²) in [5.74, 6) is 0.897. The van der Waals surface area contributed by atoms with E-state index in [2.05, 4.69) is 200 Å². The van der Waals surface area contributed by atoms with Gasteiger partial charge in [-0.2, -0.15) is 30.3 Å². The van der Waals surface area contributed by atoms with Crippen molar-refractivity contribution in [1.29, 1.82) is 0 Å². The number of para-hydroxylation sites is 3. The molecule has 3 heterocycles. The van der Waals surface area contributed by atoms with Crippen LogP contribution in [0.2, 0.25) is 0 Å². The van der Waals surface area contributed by atoms with Gasteiger partial charge in [0.15, 0.2) is 17.4 Å². The second-order valence-corrected chi connectivity index (χ2v) is 15.0. The van der Waals surface area contributed by atoms with Crippen LogP contribution in [0.25, 0.3) is 55.5 Å². The zero-order valence-corrected chi connectivity index (χ0v) is 32.3. The zero-order chi connectivity index (χ0) is 35.2. The molecule has 6 aromatic carbocycles. The van der Waals surface area contributed by atoms with Crippen LogP contribution in [0, 0.1) is 12.1 Å². The molecule has 260 valence electrons. The molecule has 53 heavy (non-hydrogen) atoms. The average Bonchev–Trinajstić information content (AvgIpc) is 3.80. The summed E-state index contributed by atoms with van der Waals surface area (Å²) in [6.07, 6.45) is 4.09.